The van der Waals surface area contributed by atoms with Gasteiger partial charge in [-0.25, -0.2) is 4.98 Å². The minimum absolute atomic E-state index is 0.141. The van der Waals surface area contributed by atoms with E-state index < -0.39 is 0 Å². The second-order valence-electron chi connectivity index (χ2n) is 6.62. The molecule has 0 fully saturated rings. The molecule has 0 bridgehead atoms. The second kappa shape index (κ2) is 6.64. The summed E-state index contributed by atoms with van der Waals surface area (Å²) < 4.78 is 1.69. The Morgan fingerprint density at radius 3 is 2.63 bits per heavy atom. The third-order valence-corrected chi connectivity index (χ3v) is 4.53. The van der Waals surface area contributed by atoms with E-state index in [1.54, 1.807) is 16.9 Å². The van der Waals surface area contributed by atoms with E-state index >= 15 is 0 Å². The summed E-state index contributed by atoms with van der Waals surface area (Å²) in [7, 11) is 0. The highest BCUT2D eigenvalue weighted by molar-refractivity contribution is 6.05. The summed E-state index contributed by atoms with van der Waals surface area (Å²) >= 11 is 0. The summed E-state index contributed by atoms with van der Waals surface area (Å²) in [4.78, 5) is 17.0. The van der Waals surface area contributed by atoms with Crippen LogP contribution in [-0.4, -0.2) is 25.9 Å². The zero-order chi connectivity index (χ0) is 19.0. The van der Waals surface area contributed by atoms with Gasteiger partial charge in [0, 0.05) is 17.4 Å². The predicted molar refractivity (Wildman–Crippen MR) is 105 cm³/mol. The molecule has 0 unspecified atom stereocenters. The monoisotopic (exact) mass is 357 g/mol. The number of nitrogens with one attached hydrogen (secondary N) is 1. The van der Waals surface area contributed by atoms with E-state index in [0.717, 1.165) is 28.0 Å². The molecule has 0 saturated carbocycles. The van der Waals surface area contributed by atoms with Gasteiger partial charge in [0.25, 0.3) is 5.91 Å². The molecular formula is C21H19N5O. The van der Waals surface area contributed by atoms with Gasteiger partial charge in [-0.3, -0.25) is 4.79 Å². The molecule has 27 heavy (non-hydrogen) atoms. The maximum atomic E-state index is 12.7. The van der Waals surface area contributed by atoms with Gasteiger partial charge in [-0.2, -0.15) is 4.68 Å². The Kier molecular flexibility index (Phi) is 4.16. The maximum absolute atomic E-state index is 12.7. The lowest BCUT2D eigenvalue weighted by Gasteiger charge is -2.11. The van der Waals surface area contributed by atoms with E-state index in [2.05, 4.69) is 20.6 Å². The van der Waals surface area contributed by atoms with Crippen molar-refractivity contribution in [3.05, 3.63) is 77.0 Å². The first-order chi connectivity index (χ1) is 13.0. The molecule has 134 valence electrons. The number of carbonyl (C=O) groups is 1. The summed E-state index contributed by atoms with van der Waals surface area (Å²) in [5.74, 6) is -0.141. The van der Waals surface area contributed by atoms with Gasteiger partial charge >= 0.3 is 0 Å². The first kappa shape index (κ1) is 16.9. The molecule has 4 aromatic rings. The highest BCUT2D eigenvalue weighted by Crippen LogP contribution is 2.21. The first-order valence-corrected chi connectivity index (χ1v) is 8.69. The lowest BCUT2D eigenvalue weighted by molar-refractivity contribution is 0.102. The van der Waals surface area contributed by atoms with Gasteiger partial charge in [-0.1, -0.05) is 22.9 Å². The van der Waals surface area contributed by atoms with Crippen molar-refractivity contribution in [2.75, 3.05) is 5.32 Å². The normalized spacial score (nSPS) is 10.9. The van der Waals surface area contributed by atoms with Crippen molar-refractivity contribution in [1.29, 1.82) is 0 Å². The molecule has 4 rings (SSSR count). The van der Waals surface area contributed by atoms with Crippen molar-refractivity contribution in [3.8, 4) is 5.69 Å². The smallest absolute Gasteiger partial charge is 0.255 e. The van der Waals surface area contributed by atoms with Crippen LogP contribution in [0, 0.1) is 20.8 Å². The Morgan fingerprint density at radius 1 is 1.00 bits per heavy atom. The number of aromatic nitrogens is 4. The van der Waals surface area contributed by atoms with Crippen LogP contribution >= 0.6 is 0 Å². The van der Waals surface area contributed by atoms with Crippen LogP contribution in [0.15, 0.2) is 54.7 Å². The second-order valence-corrected chi connectivity index (χ2v) is 6.62. The quantitative estimate of drug-likeness (QED) is 0.602. The van der Waals surface area contributed by atoms with E-state index in [1.807, 2.05) is 63.2 Å². The predicted octanol–water partition coefficient (Wildman–Crippen LogP) is 3.99. The molecule has 1 amide bonds. The van der Waals surface area contributed by atoms with Gasteiger partial charge in [-0.15, -0.1) is 5.10 Å². The highest BCUT2D eigenvalue weighted by atomic mass is 16.1. The molecule has 2 aromatic carbocycles. The molecule has 0 radical (unpaired) electrons. The number of aryl methyl sites for hydroxylation is 3. The minimum Gasteiger partial charge on any atom is -0.322 e. The van der Waals surface area contributed by atoms with Gasteiger partial charge in [0.05, 0.1) is 5.69 Å². The molecule has 0 aliphatic heterocycles. The van der Waals surface area contributed by atoms with E-state index in [1.165, 1.54) is 5.56 Å². The number of rotatable bonds is 3. The molecule has 0 aliphatic carbocycles. The molecular weight excluding hydrogens is 338 g/mol. The molecule has 6 nitrogen and oxygen atoms in total. The lowest BCUT2D eigenvalue weighted by Crippen LogP contribution is -2.13. The average Bonchev–Trinajstić information content (AvgIpc) is 3.08. The Bertz CT molecular complexity index is 1160. The lowest BCUT2D eigenvalue weighted by atomic mass is 10.1. The van der Waals surface area contributed by atoms with Crippen LogP contribution in [0.3, 0.4) is 0 Å². The number of carbonyl (C=O) groups excluding carboxylic acids is 1. The van der Waals surface area contributed by atoms with E-state index in [9.17, 15) is 4.79 Å². The van der Waals surface area contributed by atoms with Crippen LogP contribution in [0.4, 0.5) is 5.69 Å². The molecule has 2 heterocycles. The van der Waals surface area contributed by atoms with Gasteiger partial charge < -0.3 is 5.32 Å². The number of hydrogen-bond donors (Lipinski definition) is 1. The zero-order valence-electron chi connectivity index (χ0n) is 15.4. The Labute approximate surface area is 156 Å². The fourth-order valence-corrected chi connectivity index (χ4v) is 3.11. The highest BCUT2D eigenvalue weighted by Gasteiger charge is 2.13. The number of fused-ring (bicyclic) bond motifs is 1. The van der Waals surface area contributed by atoms with Gasteiger partial charge in [0.15, 0.2) is 5.65 Å². The topological polar surface area (TPSA) is 72.7 Å². The van der Waals surface area contributed by atoms with Crippen molar-refractivity contribution in [2.45, 2.75) is 20.8 Å². The number of amides is 1. The molecule has 0 atom stereocenters. The van der Waals surface area contributed by atoms with Crippen LogP contribution in [0.5, 0.6) is 0 Å². The van der Waals surface area contributed by atoms with E-state index in [-0.39, 0.29) is 5.91 Å². The summed E-state index contributed by atoms with van der Waals surface area (Å²) in [5.41, 5.74) is 6.80. The molecule has 0 aliphatic rings. The van der Waals surface area contributed by atoms with Crippen molar-refractivity contribution in [3.63, 3.8) is 0 Å². The fourth-order valence-electron chi connectivity index (χ4n) is 3.11. The molecule has 0 saturated heterocycles. The Hall–Kier alpha value is -3.54. The van der Waals surface area contributed by atoms with E-state index in [4.69, 9.17) is 0 Å². The summed E-state index contributed by atoms with van der Waals surface area (Å²) in [5, 5.41) is 11.3. The van der Waals surface area contributed by atoms with Crippen LogP contribution in [-0.2, 0) is 0 Å². The van der Waals surface area contributed by atoms with Gasteiger partial charge in [0.2, 0.25) is 0 Å². The molecule has 0 spiro atoms. The number of hydrogen-bond acceptors (Lipinski definition) is 4. The minimum atomic E-state index is -0.141. The average molecular weight is 357 g/mol. The van der Waals surface area contributed by atoms with Crippen LogP contribution in [0.2, 0.25) is 0 Å². The van der Waals surface area contributed by atoms with Crippen molar-refractivity contribution in [2.24, 2.45) is 0 Å². The Balaban J connectivity index is 1.64. The number of benzene rings is 2. The maximum Gasteiger partial charge on any atom is 0.255 e. The zero-order valence-corrected chi connectivity index (χ0v) is 15.4. The SMILES string of the molecule is Cc1ccc(NC(=O)c2ccc(-n3nnc4cccnc43)c(C)c2)c(C)c1. The van der Waals surface area contributed by atoms with Crippen molar-refractivity contribution >= 4 is 22.8 Å². The third kappa shape index (κ3) is 3.17. The van der Waals surface area contributed by atoms with Crippen molar-refractivity contribution < 1.29 is 4.79 Å². The van der Waals surface area contributed by atoms with Gasteiger partial charge in [-0.05, 0) is 68.3 Å². The summed E-state index contributed by atoms with van der Waals surface area (Å²) in [6, 6.07) is 15.2. The third-order valence-electron chi connectivity index (χ3n) is 4.53. The summed E-state index contributed by atoms with van der Waals surface area (Å²) in [6.45, 7) is 5.96. The summed E-state index contributed by atoms with van der Waals surface area (Å²) in [6.07, 6.45) is 1.71. The van der Waals surface area contributed by atoms with Gasteiger partial charge in [0.1, 0.15) is 5.52 Å². The number of nitrogens with zero attached hydrogens (tertiary/aromatic N) is 4. The molecule has 6 heteroatoms. The van der Waals surface area contributed by atoms with Crippen LogP contribution in [0.1, 0.15) is 27.0 Å². The molecule has 2 aromatic heterocycles. The fraction of sp³-hybridized carbons (Fsp3) is 0.143. The largest absolute Gasteiger partial charge is 0.322 e. The molecule has 1 N–H and O–H groups in total. The first-order valence-electron chi connectivity index (χ1n) is 8.69. The number of pyridine rings is 1. The number of anilines is 1. The van der Waals surface area contributed by atoms with Crippen LogP contribution < -0.4 is 5.32 Å². The van der Waals surface area contributed by atoms with E-state index in [0.29, 0.717) is 11.2 Å². The Morgan fingerprint density at radius 2 is 1.85 bits per heavy atom. The van der Waals surface area contributed by atoms with Crippen LogP contribution in [0.25, 0.3) is 16.9 Å². The van der Waals surface area contributed by atoms with Crippen molar-refractivity contribution in [1.82, 2.24) is 20.0 Å². The standard InChI is InChI=1S/C21H19N5O/c1-13-6-8-17(14(2)11-13)23-21(27)16-7-9-19(15(3)12-16)26-20-18(24-25-26)5-4-10-22-20/h4-12H,1-3H3,(H,23,27).